The highest BCUT2D eigenvalue weighted by Crippen LogP contribution is 2.17. The molecule has 114 valence electrons. The van der Waals surface area contributed by atoms with E-state index in [0.717, 1.165) is 6.54 Å². The van der Waals surface area contributed by atoms with Crippen molar-refractivity contribution in [2.45, 2.75) is 51.5 Å². The van der Waals surface area contributed by atoms with Crippen LogP contribution >= 0.6 is 0 Å². The van der Waals surface area contributed by atoms with E-state index >= 15 is 0 Å². The number of nitrogens with one attached hydrogen (secondary N) is 1. The van der Waals surface area contributed by atoms with Crippen molar-refractivity contribution in [2.24, 2.45) is 0 Å². The summed E-state index contributed by atoms with van der Waals surface area (Å²) < 4.78 is 0. The molecule has 2 fully saturated rings. The molecule has 0 bridgehead atoms. The summed E-state index contributed by atoms with van der Waals surface area (Å²) in [4.78, 5) is 27.0. The van der Waals surface area contributed by atoms with Crippen LogP contribution in [0.2, 0.25) is 0 Å². The molecule has 1 aliphatic heterocycles. The highest BCUT2D eigenvalue weighted by atomic mass is 16.2. The van der Waals surface area contributed by atoms with Gasteiger partial charge in [-0.3, -0.25) is 9.59 Å². The summed E-state index contributed by atoms with van der Waals surface area (Å²) in [6.07, 6.45) is 7.09. The van der Waals surface area contributed by atoms with Crippen molar-refractivity contribution in [2.75, 3.05) is 32.7 Å². The second-order valence-corrected chi connectivity index (χ2v) is 5.93. The zero-order chi connectivity index (χ0) is 14.4. The Hall–Kier alpha value is -1.10. The van der Waals surface area contributed by atoms with Crippen LogP contribution in [0.4, 0.5) is 0 Å². The Labute approximate surface area is 121 Å². The Balaban J connectivity index is 1.61. The molecule has 0 atom stereocenters. The largest absolute Gasteiger partial charge is 0.339 e. The molecule has 5 heteroatoms. The Kier molecular flexibility index (Phi) is 5.83. The van der Waals surface area contributed by atoms with Gasteiger partial charge in [-0.1, -0.05) is 19.3 Å². The minimum absolute atomic E-state index is 0.107. The SMILES string of the molecule is CC(=O)N1CCN(C(=O)CCNC2CCCCC2)CC1. The fraction of sp³-hybridized carbons (Fsp3) is 0.867. The lowest BCUT2D eigenvalue weighted by Crippen LogP contribution is -2.50. The third kappa shape index (κ3) is 4.47. The van der Waals surface area contributed by atoms with Gasteiger partial charge in [-0.05, 0) is 12.8 Å². The number of carbonyl (C=O) groups excluding carboxylic acids is 2. The van der Waals surface area contributed by atoms with Crippen molar-refractivity contribution in [3.8, 4) is 0 Å². The molecule has 0 aromatic rings. The standard InChI is InChI=1S/C15H27N3O2/c1-13(19)17-9-11-18(12-10-17)15(20)7-8-16-14-5-3-2-4-6-14/h14,16H,2-12H2,1H3. The van der Waals surface area contributed by atoms with Crippen LogP contribution in [-0.2, 0) is 9.59 Å². The van der Waals surface area contributed by atoms with Gasteiger partial charge in [0.05, 0.1) is 0 Å². The van der Waals surface area contributed by atoms with Gasteiger partial charge in [0, 0.05) is 52.1 Å². The topological polar surface area (TPSA) is 52.7 Å². The number of carbonyl (C=O) groups is 2. The first-order valence-electron chi connectivity index (χ1n) is 7.93. The summed E-state index contributed by atoms with van der Waals surface area (Å²) in [5.74, 6) is 0.326. The van der Waals surface area contributed by atoms with Gasteiger partial charge in [0.1, 0.15) is 0 Å². The van der Waals surface area contributed by atoms with E-state index in [4.69, 9.17) is 0 Å². The second kappa shape index (κ2) is 7.62. The molecule has 5 nitrogen and oxygen atoms in total. The van der Waals surface area contributed by atoms with Gasteiger partial charge >= 0.3 is 0 Å². The maximum absolute atomic E-state index is 12.1. The van der Waals surface area contributed by atoms with Crippen LogP contribution in [0.15, 0.2) is 0 Å². The van der Waals surface area contributed by atoms with Crippen LogP contribution in [0, 0.1) is 0 Å². The van der Waals surface area contributed by atoms with Crippen LogP contribution in [0.1, 0.15) is 45.4 Å². The normalized spacial score (nSPS) is 21.1. The minimum atomic E-state index is 0.107. The predicted molar refractivity (Wildman–Crippen MR) is 78.3 cm³/mol. The Bertz CT molecular complexity index is 332. The minimum Gasteiger partial charge on any atom is -0.339 e. The van der Waals surface area contributed by atoms with Gasteiger partial charge in [-0.25, -0.2) is 0 Å². The number of rotatable bonds is 4. The Morgan fingerprint density at radius 2 is 1.60 bits per heavy atom. The third-order valence-corrected chi connectivity index (χ3v) is 4.45. The molecule has 2 amide bonds. The van der Waals surface area contributed by atoms with E-state index in [9.17, 15) is 9.59 Å². The van der Waals surface area contributed by atoms with Crippen molar-refractivity contribution >= 4 is 11.8 Å². The zero-order valence-corrected chi connectivity index (χ0v) is 12.6. The Morgan fingerprint density at radius 3 is 2.20 bits per heavy atom. The van der Waals surface area contributed by atoms with Crippen LogP contribution < -0.4 is 5.32 Å². The lowest BCUT2D eigenvalue weighted by molar-refractivity contribution is -0.138. The van der Waals surface area contributed by atoms with Crippen LogP contribution in [0.5, 0.6) is 0 Å². The van der Waals surface area contributed by atoms with E-state index in [0.29, 0.717) is 38.6 Å². The van der Waals surface area contributed by atoms with E-state index in [1.165, 1.54) is 32.1 Å². The maximum Gasteiger partial charge on any atom is 0.223 e. The smallest absolute Gasteiger partial charge is 0.223 e. The van der Waals surface area contributed by atoms with E-state index in [1.807, 2.05) is 9.80 Å². The molecule has 1 heterocycles. The van der Waals surface area contributed by atoms with E-state index < -0.39 is 0 Å². The summed E-state index contributed by atoms with van der Waals surface area (Å²) in [6, 6.07) is 0.617. The first-order valence-corrected chi connectivity index (χ1v) is 7.93. The molecular formula is C15H27N3O2. The third-order valence-electron chi connectivity index (χ3n) is 4.45. The molecular weight excluding hydrogens is 254 g/mol. The van der Waals surface area contributed by atoms with Gasteiger partial charge < -0.3 is 15.1 Å². The lowest BCUT2D eigenvalue weighted by atomic mass is 9.95. The Morgan fingerprint density at radius 1 is 1.00 bits per heavy atom. The van der Waals surface area contributed by atoms with Gasteiger partial charge in [0.15, 0.2) is 0 Å². The second-order valence-electron chi connectivity index (χ2n) is 5.93. The molecule has 1 saturated carbocycles. The average molecular weight is 281 g/mol. The monoisotopic (exact) mass is 281 g/mol. The van der Waals surface area contributed by atoms with Crippen molar-refractivity contribution in [3.05, 3.63) is 0 Å². The number of nitrogens with zero attached hydrogens (tertiary/aromatic N) is 2. The summed E-state index contributed by atoms with van der Waals surface area (Å²) in [5.41, 5.74) is 0. The lowest BCUT2D eigenvalue weighted by Gasteiger charge is -2.34. The van der Waals surface area contributed by atoms with Crippen LogP contribution in [-0.4, -0.2) is 60.4 Å². The number of hydrogen-bond donors (Lipinski definition) is 1. The molecule has 1 N–H and O–H groups in total. The average Bonchev–Trinajstić information content (AvgIpc) is 2.48. The summed E-state index contributed by atoms with van der Waals surface area (Å²) in [6.45, 7) is 5.10. The van der Waals surface area contributed by atoms with Crippen molar-refractivity contribution in [1.82, 2.24) is 15.1 Å². The molecule has 0 spiro atoms. The molecule has 1 aliphatic carbocycles. The number of hydrogen-bond acceptors (Lipinski definition) is 3. The van der Waals surface area contributed by atoms with Crippen LogP contribution in [0.3, 0.4) is 0 Å². The fourth-order valence-corrected chi connectivity index (χ4v) is 3.12. The first kappa shape index (κ1) is 15.3. The summed E-state index contributed by atoms with van der Waals surface area (Å²) in [7, 11) is 0. The zero-order valence-electron chi connectivity index (χ0n) is 12.6. The first-order chi connectivity index (χ1) is 9.66. The molecule has 0 unspecified atom stereocenters. The molecule has 0 aromatic carbocycles. The van der Waals surface area contributed by atoms with Gasteiger partial charge in [0.2, 0.25) is 11.8 Å². The van der Waals surface area contributed by atoms with Gasteiger partial charge in [-0.2, -0.15) is 0 Å². The highest BCUT2D eigenvalue weighted by molar-refractivity contribution is 5.77. The van der Waals surface area contributed by atoms with E-state index in [1.54, 1.807) is 6.92 Å². The molecule has 2 rings (SSSR count). The summed E-state index contributed by atoms with van der Waals surface area (Å²) in [5, 5.41) is 3.51. The molecule has 0 radical (unpaired) electrons. The summed E-state index contributed by atoms with van der Waals surface area (Å²) >= 11 is 0. The van der Waals surface area contributed by atoms with Crippen molar-refractivity contribution in [1.29, 1.82) is 0 Å². The van der Waals surface area contributed by atoms with Crippen molar-refractivity contribution < 1.29 is 9.59 Å². The fourth-order valence-electron chi connectivity index (χ4n) is 3.12. The molecule has 0 aromatic heterocycles. The predicted octanol–water partition coefficient (Wildman–Crippen LogP) is 0.989. The number of piperazine rings is 1. The van der Waals surface area contributed by atoms with Gasteiger partial charge in [-0.15, -0.1) is 0 Å². The van der Waals surface area contributed by atoms with Crippen LogP contribution in [0.25, 0.3) is 0 Å². The maximum atomic E-state index is 12.1. The number of amides is 2. The highest BCUT2D eigenvalue weighted by Gasteiger charge is 2.22. The molecule has 2 aliphatic rings. The van der Waals surface area contributed by atoms with E-state index in [-0.39, 0.29) is 11.8 Å². The van der Waals surface area contributed by atoms with Gasteiger partial charge in [0.25, 0.3) is 0 Å². The van der Waals surface area contributed by atoms with E-state index in [2.05, 4.69) is 5.32 Å². The molecule has 20 heavy (non-hydrogen) atoms. The quantitative estimate of drug-likeness (QED) is 0.836. The molecule has 1 saturated heterocycles. The van der Waals surface area contributed by atoms with Crippen molar-refractivity contribution in [3.63, 3.8) is 0 Å².